The summed E-state index contributed by atoms with van der Waals surface area (Å²) in [6, 6.07) is 21.5. The Balaban J connectivity index is 2.26. The van der Waals surface area contributed by atoms with Gasteiger partial charge in [-0.2, -0.15) is 0 Å². The van der Waals surface area contributed by atoms with Gasteiger partial charge in [0.2, 0.25) is 0 Å². The van der Waals surface area contributed by atoms with Crippen LogP contribution in [0.5, 0.6) is 0 Å². The molecule has 0 amide bonds. The van der Waals surface area contributed by atoms with Crippen LogP contribution in [0, 0.1) is 0 Å². The van der Waals surface area contributed by atoms with Crippen LogP contribution in [0.25, 0.3) is 0 Å². The Morgan fingerprint density at radius 3 is 1.71 bits per heavy atom. The van der Waals surface area contributed by atoms with E-state index in [0.717, 1.165) is 0 Å². The summed E-state index contributed by atoms with van der Waals surface area (Å²) in [5, 5.41) is 0.470. The molecule has 0 unspecified atom stereocenters. The highest BCUT2D eigenvalue weighted by atomic mass is 32.2. The molecule has 0 saturated heterocycles. The molecule has 0 atom stereocenters. The van der Waals surface area contributed by atoms with Gasteiger partial charge in [-0.1, -0.05) is 67.6 Å². The molecule has 0 N–H and O–H groups in total. The minimum Gasteiger partial charge on any atom is -0.149 e. The lowest BCUT2D eigenvalue weighted by molar-refractivity contribution is 1.08. The standard InChI is InChI=1S/C16H18S/c1-2-13-17-16(14-9-5-3-6-10-14)15-11-7-4-8-12-15/h3-12,16H,2,13H2,1H3. The Morgan fingerprint density at radius 2 is 1.29 bits per heavy atom. The molecule has 0 fully saturated rings. The van der Waals surface area contributed by atoms with Crippen LogP contribution in [0.1, 0.15) is 29.7 Å². The first-order chi connectivity index (χ1) is 8.42. The molecule has 0 aliphatic heterocycles. The molecule has 0 bridgehead atoms. The maximum absolute atomic E-state index is 2.24. The Bertz CT molecular complexity index is 382. The predicted octanol–water partition coefficient (Wildman–Crippen LogP) is 4.92. The summed E-state index contributed by atoms with van der Waals surface area (Å²) >= 11 is 2.03. The van der Waals surface area contributed by atoms with E-state index in [4.69, 9.17) is 0 Å². The first-order valence-electron chi connectivity index (χ1n) is 6.13. The molecule has 88 valence electrons. The molecule has 0 aromatic heterocycles. The minimum atomic E-state index is 0.470. The number of rotatable bonds is 5. The molecule has 1 heteroatoms. The molecule has 0 saturated carbocycles. The second-order valence-corrected chi connectivity index (χ2v) is 5.29. The Hall–Kier alpha value is -1.21. The molecule has 17 heavy (non-hydrogen) atoms. The van der Waals surface area contributed by atoms with Gasteiger partial charge in [0.1, 0.15) is 0 Å². The zero-order valence-electron chi connectivity index (χ0n) is 10.2. The van der Waals surface area contributed by atoms with Crippen molar-refractivity contribution in [2.75, 3.05) is 5.75 Å². The fraction of sp³-hybridized carbons (Fsp3) is 0.250. The van der Waals surface area contributed by atoms with Gasteiger partial charge < -0.3 is 0 Å². The van der Waals surface area contributed by atoms with Crippen molar-refractivity contribution in [2.45, 2.75) is 18.6 Å². The van der Waals surface area contributed by atoms with E-state index in [9.17, 15) is 0 Å². The van der Waals surface area contributed by atoms with Gasteiger partial charge in [0.25, 0.3) is 0 Å². The smallest absolute Gasteiger partial charge is 0.0546 e. The van der Waals surface area contributed by atoms with Crippen LogP contribution in [0.3, 0.4) is 0 Å². The number of thioether (sulfide) groups is 1. The molecular weight excluding hydrogens is 224 g/mol. The van der Waals surface area contributed by atoms with Crippen LogP contribution in [0.2, 0.25) is 0 Å². The van der Waals surface area contributed by atoms with E-state index in [1.807, 2.05) is 11.8 Å². The minimum absolute atomic E-state index is 0.470. The lowest BCUT2D eigenvalue weighted by Gasteiger charge is -2.17. The van der Waals surface area contributed by atoms with E-state index in [-0.39, 0.29) is 0 Å². The molecule has 0 aliphatic carbocycles. The third-order valence-electron chi connectivity index (χ3n) is 2.69. The van der Waals surface area contributed by atoms with E-state index >= 15 is 0 Å². The van der Waals surface area contributed by atoms with Crippen molar-refractivity contribution in [3.8, 4) is 0 Å². The monoisotopic (exact) mass is 242 g/mol. The molecular formula is C16H18S. The van der Waals surface area contributed by atoms with Crippen molar-refractivity contribution in [1.29, 1.82) is 0 Å². The molecule has 0 heterocycles. The van der Waals surface area contributed by atoms with Crippen molar-refractivity contribution in [1.82, 2.24) is 0 Å². The van der Waals surface area contributed by atoms with Crippen LogP contribution < -0.4 is 0 Å². The molecule has 0 nitrogen and oxygen atoms in total. The number of hydrogen-bond acceptors (Lipinski definition) is 1. The van der Waals surface area contributed by atoms with Crippen molar-refractivity contribution < 1.29 is 0 Å². The Labute approximate surface area is 108 Å². The van der Waals surface area contributed by atoms with Gasteiger partial charge in [-0.15, -0.1) is 11.8 Å². The third-order valence-corrected chi connectivity index (χ3v) is 4.21. The quantitative estimate of drug-likeness (QED) is 0.717. The van der Waals surface area contributed by atoms with Crippen LogP contribution in [-0.2, 0) is 0 Å². The Morgan fingerprint density at radius 1 is 0.824 bits per heavy atom. The molecule has 0 aliphatic rings. The van der Waals surface area contributed by atoms with E-state index in [1.165, 1.54) is 23.3 Å². The molecule has 2 aromatic carbocycles. The summed E-state index contributed by atoms with van der Waals surface area (Å²) in [5.41, 5.74) is 2.80. The molecule has 0 radical (unpaired) electrons. The van der Waals surface area contributed by atoms with Gasteiger partial charge in [0, 0.05) is 0 Å². The van der Waals surface area contributed by atoms with Gasteiger partial charge in [0.15, 0.2) is 0 Å². The summed E-state index contributed by atoms with van der Waals surface area (Å²) in [6.45, 7) is 2.24. The molecule has 2 rings (SSSR count). The first-order valence-corrected chi connectivity index (χ1v) is 7.18. The normalized spacial score (nSPS) is 10.7. The summed E-state index contributed by atoms with van der Waals surface area (Å²) in [4.78, 5) is 0. The SMILES string of the molecule is CCCSC(c1ccccc1)c1ccccc1. The second kappa shape index (κ2) is 6.51. The zero-order chi connectivity index (χ0) is 11.9. The topological polar surface area (TPSA) is 0 Å². The predicted molar refractivity (Wildman–Crippen MR) is 77.5 cm³/mol. The summed E-state index contributed by atoms with van der Waals surface area (Å²) in [5.74, 6) is 1.20. The average molecular weight is 242 g/mol. The highest BCUT2D eigenvalue weighted by Crippen LogP contribution is 2.35. The summed E-state index contributed by atoms with van der Waals surface area (Å²) < 4.78 is 0. The average Bonchev–Trinajstić information content (AvgIpc) is 2.42. The maximum atomic E-state index is 2.24. The lowest BCUT2D eigenvalue weighted by atomic mass is 10.0. The molecule has 0 spiro atoms. The number of benzene rings is 2. The summed E-state index contributed by atoms with van der Waals surface area (Å²) in [7, 11) is 0. The first kappa shape index (κ1) is 12.3. The van der Waals surface area contributed by atoms with Gasteiger partial charge in [0.05, 0.1) is 5.25 Å². The van der Waals surface area contributed by atoms with Gasteiger partial charge in [-0.05, 0) is 23.3 Å². The summed E-state index contributed by atoms with van der Waals surface area (Å²) in [6.07, 6.45) is 1.22. The van der Waals surface area contributed by atoms with Gasteiger partial charge >= 0.3 is 0 Å². The van der Waals surface area contributed by atoms with Gasteiger partial charge in [-0.3, -0.25) is 0 Å². The highest BCUT2D eigenvalue weighted by molar-refractivity contribution is 7.99. The van der Waals surface area contributed by atoms with Crippen LogP contribution >= 0.6 is 11.8 Å². The van der Waals surface area contributed by atoms with Crippen LogP contribution in [0.4, 0.5) is 0 Å². The fourth-order valence-corrected chi connectivity index (χ4v) is 3.05. The van der Waals surface area contributed by atoms with Gasteiger partial charge in [-0.25, -0.2) is 0 Å². The lowest BCUT2D eigenvalue weighted by Crippen LogP contribution is -1.97. The Kier molecular flexibility index (Phi) is 4.69. The van der Waals surface area contributed by atoms with E-state index in [0.29, 0.717) is 5.25 Å². The van der Waals surface area contributed by atoms with E-state index < -0.39 is 0 Å². The maximum Gasteiger partial charge on any atom is 0.0546 e. The van der Waals surface area contributed by atoms with E-state index in [1.54, 1.807) is 0 Å². The van der Waals surface area contributed by atoms with Crippen molar-refractivity contribution in [3.63, 3.8) is 0 Å². The van der Waals surface area contributed by atoms with Crippen LogP contribution in [0.15, 0.2) is 60.7 Å². The number of hydrogen-bond donors (Lipinski definition) is 0. The van der Waals surface area contributed by atoms with Crippen molar-refractivity contribution in [2.24, 2.45) is 0 Å². The highest BCUT2D eigenvalue weighted by Gasteiger charge is 2.13. The van der Waals surface area contributed by atoms with Crippen molar-refractivity contribution in [3.05, 3.63) is 71.8 Å². The zero-order valence-corrected chi connectivity index (χ0v) is 11.0. The van der Waals surface area contributed by atoms with E-state index in [2.05, 4.69) is 67.6 Å². The second-order valence-electron chi connectivity index (χ2n) is 4.07. The van der Waals surface area contributed by atoms with Crippen molar-refractivity contribution >= 4 is 11.8 Å². The molecule has 2 aromatic rings. The largest absolute Gasteiger partial charge is 0.149 e. The third kappa shape index (κ3) is 3.37. The van der Waals surface area contributed by atoms with Crippen LogP contribution in [-0.4, -0.2) is 5.75 Å². The fourth-order valence-electron chi connectivity index (χ4n) is 1.88.